The van der Waals surface area contributed by atoms with Crippen molar-refractivity contribution >= 4 is 9.84 Å². The highest BCUT2D eigenvalue weighted by molar-refractivity contribution is 7.91. The molecule has 1 rings (SSSR count). The summed E-state index contributed by atoms with van der Waals surface area (Å²) in [5, 5.41) is 9.49. The summed E-state index contributed by atoms with van der Waals surface area (Å²) >= 11 is 0. The van der Waals surface area contributed by atoms with Gasteiger partial charge in [0.2, 0.25) is 0 Å². The molecule has 1 N–H and O–H groups in total. The van der Waals surface area contributed by atoms with Gasteiger partial charge in [-0.05, 0) is 38.8 Å². The molecule has 0 heterocycles. The van der Waals surface area contributed by atoms with Crippen LogP contribution in [0.25, 0.3) is 0 Å². The van der Waals surface area contributed by atoms with Crippen molar-refractivity contribution in [1.82, 2.24) is 0 Å². The van der Waals surface area contributed by atoms with E-state index in [0.29, 0.717) is 17.7 Å². The highest BCUT2D eigenvalue weighted by atomic mass is 32.2. The minimum atomic E-state index is -3.19. The van der Waals surface area contributed by atoms with Crippen LogP contribution in [-0.4, -0.2) is 24.9 Å². The van der Waals surface area contributed by atoms with Crippen LogP contribution in [-0.2, 0) is 9.84 Å². The van der Waals surface area contributed by atoms with Gasteiger partial charge in [-0.2, -0.15) is 0 Å². The summed E-state index contributed by atoms with van der Waals surface area (Å²) in [6, 6.07) is 8.40. The molecule has 3 nitrogen and oxygen atoms in total. The number of hydrogen-bond donors (Lipinski definition) is 1. The van der Waals surface area contributed by atoms with Crippen molar-refractivity contribution < 1.29 is 13.5 Å². The minimum absolute atomic E-state index is 0.0843. The van der Waals surface area contributed by atoms with Gasteiger partial charge in [0.15, 0.2) is 9.84 Å². The molecule has 0 aliphatic heterocycles. The molecule has 0 spiro atoms. The Morgan fingerprint density at radius 2 is 1.75 bits per heavy atom. The van der Waals surface area contributed by atoms with Crippen LogP contribution in [0.1, 0.15) is 26.7 Å². The quantitative estimate of drug-likeness (QED) is 0.859. The van der Waals surface area contributed by atoms with Crippen molar-refractivity contribution in [2.24, 2.45) is 0 Å². The molecule has 0 unspecified atom stereocenters. The first-order valence-corrected chi connectivity index (χ1v) is 6.97. The highest BCUT2D eigenvalue weighted by Crippen LogP contribution is 2.15. The first-order valence-electron chi connectivity index (χ1n) is 5.31. The van der Waals surface area contributed by atoms with E-state index in [1.165, 1.54) is 0 Å². The Morgan fingerprint density at radius 3 is 2.25 bits per heavy atom. The van der Waals surface area contributed by atoms with Gasteiger partial charge >= 0.3 is 0 Å². The summed E-state index contributed by atoms with van der Waals surface area (Å²) < 4.78 is 23.7. The van der Waals surface area contributed by atoms with Crippen molar-refractivity contribution in [2.75, 3.05) is 5.75 Å². The third-order valence-electron chi connectivity index (χ3n) is 2.30. The van der Waals surface area contributed by atoms with Crippen molar-refractivity contribution in [3.05, 3.63) is 30.3 Å². The number of benzene rings is 1. The summed E-state index contributed by atoms with van der Waals surface area (Å²) in [6.07, 6.45) is 0.958. The second kappa shape index (κ2) is 4.97. The fourth-order valence-electron chi connectivity index (χ4n) is 1.44. The molecule has 16 heavy (non-hydrogen) atoms. The van der Waals surface area contributed by atoms with Gasteiger partial charge in [0.25, 0.3) is 0 Å². The Bertz CT molecular complexity index is 415. The molecule has 0 saturated heterocycles. The van der Waals surface area contributed by atoms with Crippen LogP contribution in [0, 0.1) is 0 Å². The van der Waals surface area contributed by atoms with Crippen LogP contribution in [0.5, 0.6) is 0 Å². The number of hydrogen-bond acceptors (Lipinski definition) is 3. The van der Waals surface area contributed by atoms with Gasteiger partial charge in [-0.1, -0.05) is 18.2 Å². The van der Waals surface area contributed by atoms with Crippen LogP contribution < -0.4 is 0 Å². The summed E-state index contributed by atoms with van der Waals surface area (Å²) in [4.78, 5) is 0.353. The Hall–Kier alpha value is -0.870. The number of rotatable bonds is 5. The van der Waals surface area contributed by atoms with Gasteiger partial charge in [0.1, 0.15) is 0 Å². The second-order valence-corrected chi connectivity index (χ2v) is 6.66. The van der Waals surface area contributed by atoms with E-state index in [9.17, 15) is 13.5 Å². The van der Waals surface area contributed by atoms with Crippen molar-refractivity contribution in [3.63, 3.8) is 0 Å². The predicted octanol–water partition coefficient (Wildman–Crippen LogP) is 2.01. The maximum Gasteiger partial charge on any atom is 0.178 e. The summed E-state index contributed by atoms with van der Waals surface area (Å²) in [5.41, 5.74) is -0.799. The van der Waals surface area contributed by atoms with E-state index in [2.05, 4.69) is 0 Å². The number of sulfone groups is 1. The van der Waals surface area contributed by atoms with E-state index in [1.807, 2.05) is 0 Å². The molecule has 1 aromatic carbocycles. The second-order valence-electron chi connectivity index (χ2n) is 4.55. The van der Waals surface area contributed by atoms with Crippen LogP contribution in [0.4, 0.5) is 0 Å². The topological polar surface area (TPSA) is 54.4 Å². The molecule has 0 aliphatic carbocycles. The Labute approximate surface area is 97.0 Å². The lowest BCUT2D eigenvalue weighted by Crippen LogP contribution is -2.20. The van der Waals surface area contributed by atoms with E-state index in [4.69, 9.17) is 0 Å². The van der Waals surface area contributed by atoms with Crippen LogP contribution in [0.15, 0.2) is 35.2 Å². The Morgan fingerprint density at radius 1 is 1.19 bits per heavy atom. The van der Waals surface area contributed by atoms with E-state index >= 15 is 0 Å². The molecule has 4 heteroatoms. The van der Waals surface area contributed by atoms with Crippen molar-refractivity contribution in [3.8, 4) is 0 Å². The van der Waals surface area contributed by atoms with Crippen molar-refractivity contribution in [1.29, 1.82) is 0 Å². The summed E-state index contributed by atoms with van der Waals surface area (Å²) in [6.45, 7) is 3.37. The maximum absolute atomic E-state index is 11.8. The predicted molar refractivity (Wildman–Crippen MR) is 64.0 cm³/mol. The SMILES string of the molecule is CC(C)(O)CCCS(=O)(=O)c1ccccc1. The van der Waals surface area contributed by atoms with E-state index in [0.717, 1.165) is 0 Å². The van der Waals surface area contributed by atoms with Gasteiger partial charge in [-0.15, -0.1) is 0 Å². The molecule has 0 amide bonds. The maximum atomic E-state index is 11.8. The van der Waals surface area contributed by atoms with Crippen LogP contribution in [0.2, 0.25) is 0 Å². The molecule has 0 aromatic heterocycles. The van der Waals surface area contributed by atoms with Gasteiger partial charge in [-0.25, -0.2) is 8.42 Å². The average molecular weight is 242 g/mol. The number of aliphatic hydroxyl groups is 1. The molecule has 0 saturated carbocycles. The zero-order valence-corrected chi connectivity index (χ0v) is 10.5. The summed E-state index contributed by atoms with van der Waals surface area (Å²) in [5.74, 6) is 0.0843. The van der Waals surface area contributed by atoms with Gasteiger partial charge in [-0.3, -0.25) is 0 Å². The van der Waals surface area contributed by atoms with Crippen molar-refractivity contribution in [2.45, 2.75) is 37.2 Å². The smallest absolute Gasteiger partial charge is 0.178 e. The highest BCUT2D eigenvalue weighted by Gasteiger charge is 2.17. The van der Waals surface area contributed by atoms with Crippen LogP contribution >= 0.6 is 0 Å². The average Bonchev–Trinajstić information content (AvgIpc) is 2.17. The van der Waals surface area contributed by atoms with Crippen LogP contribution in [0.3, 0.4) is 0 Å². The normalized spacial score (nSPS) is 12.7. The molecule has 0 bridgehead atoms. The molecule has 1 aromatic rings. The Kier molecular flexibility index (Phi) is 4.10. The third kappa shape index (κ3) is 4.33. The summed E-state index contributed by atoms with van der Waals surface area (Å²) in [7, 11) is -3.19. The lowest BCUT2D eigenvalue weighted by molar-refractivity contribution is 0.0705. The molecule has 0 aliphatic rings. The van der Waals surface area contributed by atoms with E-state index < -0.39 is 15.4 Å². The first-order chi connectivity index (χ1) is 7.31. The minimum Gasteiger partial charge on any atom is -0.390 e. The zero-order chi connectivity index (χ0) is 12.2. The zero-order valence-electron chi connectivity index (χ0n) is 9.68. The third-order valence-corrected chi connectivity index (χ3v) is 4.12. The van der Waals surface area contributed by atoms with Gasteiger partial charge in [0.05, 0.1) is 16.2 Å². The molecular weight excluding hydrogens is 224 g/mol. The largest absolute Gasteiger partial charge is 0.390 e. The Balaban J connectivity index is 2.61. The fraction of sp³-hybridized carbons (Fsp3) is 0.500. The van der Waals surface area contributed by atoms with Gasteiger partial charge < -0.3 is 5.11 Å². The molecule has 0 radical (unpaired) electrons. The lowest BCUT2D eigenvalue weighted by atomic mass is 10.0. The first kappa shape index (κ1) is 13.2. The van der Waals surface area contributed by atoms with E-state index in [1.54, 1.807) is 44.2 Å². The lowest BCUT2D eigenvalue weighted by Gasteiger charge is -2.16. The molecular formula is C12H18O3S. The van der Waals surface area contributed by atoms with Gasteiger partial charge in [0, 0.05) is 0 Å². The van der Waals surface area contributed by atoms with E-state index in [-0.39, 0.29) is 5.75 Å². The molecule has 90 valence electrons. The standard InChI is InChI=1S/C12H18O3S/c1-12(2,13)9-6-10-16(14,15)11-7-4-3-5-8-11/h3-5,7-8,13H,6,9-10H2,1-2H3. The molecule has 0 fully saturated rings. The molecule has 0 atom stereocenters. The monoisotopic (exact) mass is 242 g/mol. The fourth-order valence-corrected chi connectivity index (χ4v) is 2.77.